The standard InChI is InChI=1S/C11H11ClF2O3/c1-16-10(15)3-2-7-4-8(12)6-9(5-7)17-11(13)14/h4-6,11H,2-3H2,1H3. The van der Waals surface area contributed by atoms with E-state index in [1.54, 1.807) is 6.07 Å². The number of rotatable bonds is 5. The minimum atomic E-state index is -2.90. The van der Waals surface area contributed by atoms with Crippen molar-refractivity contribution < 1.29 is 23.0 Å². The molecule has 0 heterocycles. The van der Waals surface area contributed by atoms with E-state index >= 15 is 0 Å². The van der Waals surface area contributed by atoms with E-state index in [4.69, 9.17) is 11.6 Å². The summed E-state index contributed by atoms with van der Waals surface area (Å²) >= 11 is 5.74. The highest BCUT2D eigenvalue weighted by Crippen LogP contribution is 2.23. The Hall–Kier alpha value is -1.36. The SMILES string of the molecule is COC(=O)CCc1cc(Cl)cc(OC(F)F)c1. The van der Waals surface area contributed by atoms with Crippen LogP contribution in [-0.2, 0) is 16.0 Å². The number of carbonyl (C=O) groups excluding carboxylic acids is 1. The van der Waals surface area contributed by atoms with Crippen LogP contribution in [0.3, 0.4) is 0 Å². The Morgan fingerprint density at radius 3 is 2.71 bits per heavy atom. The van der Waals surface area contributed by atoms with E-state index in [0.29, 0.717) is 12.0 Å². The fourth-order valence-corrected chi connectivity index (χ4v) is 1.53. The van der Waals surface area contributed by atoms with Crippen LogP contribution in [0.25, 0.3) is 0 Å². The second-order valence-corrected chi connectivity index (χ2v) is 3.69. The first-order chi connectivity index (χ1) is 8.01. The van der Waals surface area contributed by atoms with Gasteiger partial charge in [-0.25, -0.2) is 0 Å². The molecule has 0 amide bonds. The van der Waals surface area contributed by atoms with Gasteiger partial charge in [-0.15, -0.1) is 0 Å². The smallest absolute Gasteiger partial charge is 0.387 e. The van der Waals surface area contributed by atoms with Gasteiger partial charge in [-0.3, -0.25) is 4.79 Å². The minimum Gasteiger partial charge on any atom is -0.469 e. The number of carbonyl (C=O) groups is 1. The minimum absolute atomic E-state index is 0.0210. The first-order valence-electron chi connectivity index (χ1n) is 4.82. The zero-order valence-corrected chi connectivity index (χ0v) is 9.84. The van der Waals surface area contributed by atoms with Crippen molar-refractivity contribution in [2.45, 2.75) is 19.5 Å². The second-order valence-electron chi connectivity index (χ2n) is 3.25. The third kappa shape index (κ3) is 4.99. The van der Waals surface area contributed by atoms with Crippen molar-refractivity contribution in [3.63, 3.8) is 0 Å². The lowest BCUT2D eigenvalue weighted by Gasteiger charge is -2.07. The van der Waals surface area contributed by atoms with Crippen molar-refractivity contribution in [1.29, 1.82) is 0 Å². The molecule has 0 spiro atoms. The maximum absolute atomic E-state index is 12.0. The Morgan fingerprint density at radius 2 is 2.12 bits per heavy atom. The van der Waals surface area contributed by atoms with Crippen molar-refractivity contribution in [2.75, 3.05) is 7.11 Å². The first-order valence-corrected chi connectivity index (χ1v) is 5.20. The quantitative estimate of drug-likeness (QED) is 0.767. The number of aryl methyl sites for hydroxylation is 1. The third-order valence-electron chi connectivity index (χ3n) is 2.00. The molecule has 0 atom stereocenters. The van der Waals surface area contributed by atoms with Crippen LogP contribution in [-0.4, -0.2) is 19.7 Å². The van der Waals surface area contributed by atoms with Crippen LogP contribution in [0.1, 0.15) is 12.0 Å². The predicted octanol–water partition coefficient (Wildman–Crippen LogP) is 3.05. The number of esters is 1. The Kier molecular flexibility index (Phi) is 5.15. The zero-order chi connectivity index (χ0) is 12.8. The van der Waals surface area contributed by atoms with Crippen LogP contribution in [0.2, 0.25) is 5.02 Å². The van der Waals surface area contributed by atoms with Crippen molar-refractivity contribution in [3.05, 3.63) is 28.8 Å². The highest BCUT2D eigenvalue weighted by molar-refractivity contribution is 6.30. The molecule has 0 saturated carbocycles. The highest BCUT2D eigenvalue weighted by atomic mass is 35.5. The van der Waals surface area contributed by atoms with Crippen LogP contribution in [0.15, 0.2) is 18.2 Å². The predicted molar refractivity (Wildman–Crippen MR) is 58.4 cm³/mol. The molecule has 0 radical (unpaired) electrons. The average molecular weight is 265 g/mol. The summed E-state index contributed by atoms with van der Waals surface area (Å²) in [5.41, 5.74) is 0.638. The molecule has 3 nitrogen and oxygen atoms in total. The summed E-state index contributed by atoms with van der Waals surface area (Å²) in [5, 5.41) is 0.281. The van der Waals surface area contributed by atoms with E-state index in [1.807, 2.05) is 0 Å². The van der Waals surface area contributed by atoms with Crippen molar-refractivity contribution in [1.82, 2.24) is 0 Å². The first kappa shape index (κ1) is 13.7. The molecule has 0 unspecified atom stereocenters. The fraction of sp³-hybridized carbons (Fsp3) is 0.364. The summed E-state index contributed by atoms with van der Waals surface area (Å²) in [4.78, 5) is 10.9. The molecule has 1 rings (SSSR count). The third-order valence-corrected chi connectivity index (χ3v) is 2.22. The number of alkyl halides is 2. The van der Waals surface area contributed by atoms with Gasteiger partial charge < -0.3 is 9.47 Å². The normalized spacial score (nSPS) is 10.4. The molecule has 1 aromatic carbocycles. The van der Waals surface area contributed by atoms with Gasteiger partial charge in [0.15, 0.2) is 0 Å². The number of hydrogen-bond donors (Lipinski definition) is 0. The van der Waals surface area contributed by atoms with Gasteiger partial charge in [0.05, 0.1) is 7.11 Å². The van der Waals surface area contributed by atoms with Gasteiger partial charge in [-0.1, -0.05) is 11.6 Å². The van der Waals surface area contributed by atoms with E-state index in [-0.39, 0.29) is 23.2 Å². The summed E-state index contributed by atoms with van der Waals surface area (Å²) < 4.78 is 32.7. The number of halogens is 3. The molecule has 0 N–H and O–H groups in total. The molecule has 0 fully saturated rings. The molecule has 0 aliphatic carbocycles. The number of hydrogen-bond acceptors (Lipinski definition) is 3. The summed E-state index contributed by atoms with van der Waals surface area (Å²) in [6.07, 6.45) is 0.512. The second kappa shape index (κ2) is 6.39. The molecule has 94 valence electrons. The molecule has 0 bridgehead atoms. The molecule has 0 aromatic heterocycles. The topological polar surface area (TPSA) is 35.5 Å². The van der Waals surface area contributed by atoms with E-state index < -0.39 is 6.61 Å². The fourth-order valence-electron chi connectivity index (χ4n) is 1.28. The van der Waals surface area contributed by atoms with Crippen LogP contribution in [0.4, 0.5) is 8.78 Å². The van der Waals surface area contributed by atoms with Gasteiger partial charge in [-0.2, -0.15) is 8.78 Å². The van der Waals surface area contributed by atoms with E-state index in [2.05, 4.69) is 9.47 Å². The van der Waals surface area contributed by atoms with Crippen molar-refractivity contribution in [2.24, 2.45) is 0 Å². The van der Waals surface area contributed by atoms with Crippen LogP contribution in [0, 0.1) is 0 Å². The van der Waals surface area contributed by atoms with Crippen LogP contribution < -0.4 is 4.74 Å². The molecule has 0 aliphatic heterocycles. The Balaban J connectivity index is 2.71. The summed E-state index contributed by atoms with van der Waals surface area (Å²) in [5.74, 6) is -0.395. The van der Waals surface area contributed by atoms with Gasteiger partial charge in [0.25, 0.3) is 0 Å². The highest BCUT2D eigenvalue weighted by Gasteiger charge is 2.08. The molecular formula is C11H11ClF2O3. The van der Waals surface area contributed by atoms with Gasteiger partial charge in [0, 0.05) is 11.4 Å². The largest absolute Gasteiger partial charge is 0.469 e. The monoisotopic (exact) mass is 264 g/mol. The maximum atomic E-state index is 12.0. The average Bonchev–Trinajstić information content (AvgIpc) is 2.24. The van der Waals surface area contributed by atoms with Crippen LogP contribution >= 0.6 is 11.6 Å². The van der Waals surface area contributed by atoms with E-state index in [9.17, 15) is 13.6 Å². The summed E-state index contributed by atoms with van der Waals surface area (Å²) in [6.45, 7) is -2.90. The number of ether oxygens (including phenoxy) is 2. The molecule has 1 aromatic rings. The molecule has 6 heteroatoms. The molecule has 0 saturated heterocycles. The summed E-state index contributed by atoms with van der Waals surface area (Å²) in [7, 11) is 1.28. The van der Waals surface area contributed by atoms with Gasteiger partial charge in [0.1, 0.15) is 5.75 Å². The van der Waals surface area contributed by atoms with Crippen molar-refractivity contribution in [3.8, 4) is 5.75 Å². The van der Waals surface area contributed by atoms with Crippen molar-refractivity contribution >= 4 is 17.6 Å². The molecule has 0 aliphatic rings. The Labute approximate surface area is 102 Å². The maximum Gasteiger partial charge on any atom is 0.387 e. The van der Waals surface area contributed by atoms with Gasteiger partial charge in [-0.05, 0) is 30.2 Å². The van der Waals surface area contributed by atoms with E-state index in [0.717, 1.165) is 0 Å². The van der Waals surface area contributed by atoms with Gasteiger partial charge in [0.2, 0.25) is 0 Å². The summed E-state index contributed by atoms with van der Waals surface area (Å²) in [6, 6.07) is 4.29. The lowest BCUT2D eigenvalue weighted by atomic mass is 10.1. The zero-order valence-electron chi connectivity index (χ0n) is 9.08. The lowest BCUT2D eigenvalue weighted by molar-refractivity contribution is -0.140. The lowest BCUT2D eigenvalue weighted by Crippen LogP contribution is -2.04. The molecular weight excluding hydrogens is 254 g/mol. The number of benzene rings is 1. The molecule has 17 heavy (non-hydrogen) atoms. The Bertz CT molecular complexity index is 396. The number of methoxy groups -OCH3 is 1. The van der Waals surface area contributed by atoms with Gasteiger partial charge >= 0.3 is 12.6 Å². The van der Waals surface area contributed by atoms with E-state index in [1.165, 1.54) is 19.2 Å². The Morgan fingerprint density at radius 1 is 1.41 bits per heavy atom. The van der Waals surface area contributed by atoms with Crippen LogP contribution in [0.5, 0.6) is 5.75 Å².